The van der Waals surface area contributed by atoms with Crippen molar-refractivity contribution < 1.29 is 18.9 Å². The molecule has 0 aliphatic heterocycles. The van der Waals surface area contributed by atoms with Crippen molar-refractivity contribution in [1.82, 2.24) is 4.90 Å². The van der Waals surface area contributed by atoms with Crippen molar-refractivity contribution in [1.29, 1.82) is 0 Å². The summed E-state index contributed by atoms with van der Waals surface area (Å²) in [5.41, 5.74) is 5.89. The number of unbranched alkanes of at least 4 members (excludes halogenated alkanes) is 18. The van der Waals surface area contributed by atoms with Gasteiger partial charge in [0.2, 0.25) is 0 Å². The Balaban J connectivity index is 3.53. The third-order valence-corrected chi connectivity index (χ3v) is 8.88. The van der Waals surface area contributed by atoms with Gasteiger partial charge >= 0.3 is 0 Å². The minimum Gasteiger partial charge on any atom is -0.353 e. The smallest absolute Gasteiger partial charge is 0.164 e. The molecule has 0 amide bonds. The van der Waals surface area contributed by atoms with Crippen molar-refractivity contribution in [2.24, 2.45) is 5.73 Å². The van der Waals surface area contributed by atoms with E-state index in [4.69, 9.17) is 24.7 Å². The van der Waals surface area contributed by atoms with Crippen LogP contribution in [0.25, 0.3) is 0 Å². The first-order valence-corrected chi connectivity index (χ1v) is 17.0. The van der Waals surface area contributed by atoms with E-state index in [1.807, 2.05) is 13.8 Å². The minimum atomic E-state index is -0.404. The highest BCUT2D eigenvalue weighted by Crippen LogP contribution is 2.21. The van der Waals surface area contributed by atoms with Gasteiger partial charge in [-0.1, -0.05) is 103 Å². The normalized spacial score (nSPS) is 12.6. The van der Waals surface area contributed by atoms with E-state index in [0.717, 1.165) is 25.9 Å². The van der Waals surface area contributed by atoms with Crippen LogP contribution in [0, 0.1) is 0 Å². The van der Waals surface area contributed by atoms with Crippen LogP contribution in [0.3, 0.4) is 0 Å². The predicted molar refractivity (Wildman–Crippen MR) is 172 cm³/mol. The molecule has 0 saturated heterocycles. The van der Waals surface area contributed by atoms with E-state index < -0.39 is 11.6 Å². The Kier molecular flexibility index (Phi) is 27.4. The lowest BCUT2D eigenvalue weighted by atomic mass is 10.0. The average molecular weight is 573 g/mol. The van der Waals surface area contributed by atoms with Gasteiger partial charge in [0.1, 0.15) is 0 Å². The number of hydrogen-bond acceptors (Lipinski definition) is 6. The Hall–Kier alpha value is -0.240. The van der Waals surface area contributed by atoms with Crippen LogP contribution in [0.4, 0.5) is 0 Å². The number of nitrogens with two attached hydrogens (primary N) is 1. The fourth-order valence-corrected chi connectivity index (χ4v) is 5.48. The van der Waals surface area contributed by atoms with Crippen molar-refractivity contribution in [3.63, 3.8) is 0 Å². The number of ether oxygens (including phenoxy) is 4. The van der Waals surface area contributed by atoms with E-state index in [1.54, 1.807) is 28.4 Å². The zero-order valence-corrected chi connectivity index (χ0v) is 28.0. The zero-order valence-electron chi connectivity index (χ0n) is 28.0. The number of nitrogens with zero attached hydrogens (tertiary/aromatic N) is 1. The molecule has 0 bridgehead atoms. The summed E-state index contributed by atoms with van der Waals surface area (Å²) in [5, 5.41) is 0. The third-order valence-electron chi connectivity index (χ3n) is 8.88. The molecule has 0 atom stereocenters. The maximum Gasteiger partial charge on any atom is 0.164 e. The molecule has 6 heteroatoms. The topological polar surface area (TPSA) is 66.2 Å². The molecule has 0 heterocycles. The molecule has 0 radical (unpaired) electrons. The first-order chi connectivity index (χ1) is 19.4. The van der Waals surface area contributed by atoms with Gasteiger partial charge < -0.3 is 29.6 Å². The monoisotopic (exact) mass is 573 g/mol. The Bertz CT molecular complexity index is 470. The number of hydrogen-bond donors (Lipinski definition) is 1. The van der Waals surface area contributed by atoms with Crippen LogP contribution in [0.15, 0.2) is 0 Å². The molecule has 6 nitrogen and oxygen atoms in total. The molecule has 0 aliphatic carbocycles. The second-order valence-corrected chi connectivity index (χ2v) is 12.3. The molecule has 0 unspecified atom stereocenters. The van der Waals surface area contributed by atoms with E-state index in [9.17, 15) is 0 Å². The Morgan fingerprint density at radius 3 is 0.900 bits per heavy atom. The van der Waals surface area contributed by atoms with Gasteiger partial charge in [-0.3, -0.25) is 0 Å². The standard InChI is InChI=1S/C34H72N2O4/c1-33(37-3,38-4)27-23-19-15-11-7-9-13-17-21-25-30-36(32-29-35)31-26-22-18-14-10-8-12-16-20-24-28-34(2,39-5)40-6/h7-32,35H2,1-6H3. The predicted octanol–water partition coefficient (Wildman–Crippen LogP) is 8.85. The molecule has 0 aliphatic rings. The van der Waals surface area contributed by atoms with Crippen LogP contribution < -0.4 is 5.73 Å². The summed E-state index contributed by atoms with van der Waals surface area (Å²) in [6.45, 7) is 8.35. The second kappa shape index (κ2) is 27.6. The van der Waals surface area contributed by atoms with Crippen molar-refractivity contribution in [3.05, 3.63) is 0 Å². The molecule has 242 valence electrons. The lowest BCUT2D eigenvalue weighted by molar-refractivity contribution is -0.198. The highest BCUT2D eigenvalue weighted by atomic mass is 16.7. The van der Waals surface area contributed by atoms with Crippen molar-refractivity contribution in [3.8, 4) is 0 Å². The largest absolute Gasteiger partial charge is 0.353 e. The molecular weight excluding hydrogens is 500 g/mol. The quantitative estimate of drug-likeness (QED) is 0.0641. The zero-order chi connectivity index (χ0) is 29.8. The molecule has 0 aromatic rings. The third kappa shape index (κ3) is 23.3. The van der Waals surface area contributed by atoms with E-state index in [0.29, 0.717) is 0 Å². The Labute approximate surface area is 250 Å². The van der Waals surface area contributed by atoms with Gasteiger partial charge in [0.15, 0.2) is 11.6 Å². The number of rotatable bonds is 32. The molecule has 0 spiro atoms. The summed E-state index contributed by atoms with van der Waals surface area (Å²) in [4.78, 5) is 2.61. The van der Waals surface area contributed by atoms with E-state index in [-0.39, 0.29) is 0 Å². The molecular formula is C34H72N2O4. The minimum absolute atomic E-state index is 0.404. The summed E-state index contributed by atoms with van der Waals surface area (Å²) in [5.74, 6) is -0.807. The van der Waals surface area contributed by atoms with Gasteiger partial charge in [-0.25, -0.2) is 0 Å². The average Bonchev–Trinajstić information content (AvgIpc) is 2.97. The highest BCUT2D eigenvalue weighted by molar-refractivity contribution is 4.63. The van der Waals surface area contributed by atoms with Crippen LogP contribution in [0.5, 0.6) is 0 Å². The SMILES string of the molecule is COC(C)(CCCCCCCCCCCCN(CCN)CCCCCCCCCCCCC(C)(OC)OC)OC. The summed E-state index contributed by atoms with van der Waals surface area (Å²) < 4.78 is 21.7. The summed E-state index contributed by atoms with van der Waals surface area (Å²) in [6.07, 6.45) is 28.8. The summed E-state index contributed by atoms with van der Waals surface area (Å²) in [7, 11) is 6.93. The van der Waals surface area contributed by atoms with Gasteiger partial charge in [-0.2, -0.15) is 0 Å². The van der Waals surface area contributed by atoms with E-state index in [1.165, 1.54) is 142 Å². The Morgan fingerprint density at radius 2 is 0.650 bits per heavy atom. The number of methoxy groups -OCH3 is 4. The fraction of sp³-hybridized carbons (Fsp3) is 1.00. The lowest BCUT2D eigenvalue weighted by Gasteiger charge is -2.26. The van der Waals surface area contributed by atoms with E-state index >= 15 is 0 Å². The fourth-order valence-electron chi connectivity index (χ4n) is 5.48. The van der Waals surface area contributed by atoms with Crippen LogP contribution in [-0.2, 0) is 18.9 Å². The molecule has 0 aromatic heterocycles. The van der Waals surface area contributed by atoms with E-state index in [2.05, 4.69) is 4.90 Å². The molecule has 0 aromatic carbocycles. The first-order valence-electron chi connectivity index (χ1n) is 17.0. The van der Waals surface area contributed by atoms with Crippen LogP contribution in [-0.4, -0.2) is 71.1 Å². The van der Waals surface area contributed by atoms with Gasteiger partial charge in [0.05, 0.1) is 0 Å². The van der Waals surface area contributed by atoms with Gasteiger partial charge in [0.25, 0.3) is 0 Å². The molecule has 2 N–H and O–H groups in total. The van der Waals surface area contributed by atoms with Gasteiger partial charge in [0, 0.05) is 54.4 Å². The van der Waals surface area contributed by atoms with Crippen molar-refractivity contribution >= 4 is 0 Å². The van der Waals surface area contributed by atoms with Crippen LogP contribution in [0.1, 0.15) is 155 Å². The van der Waals surface area contributed by atoms with Gasteiger partial charge in [-0.05, 0) is 52.6 Å². The highest BCUT2D eigenvalue weighted by Gasteiger charge is 2.22. The lowest BCUT2D eigenvalue weighted by Crippen LogP contribution is -2.31. The van der Waals surface area contributed by atoms with Crippen molar-refractivity contribution in [2.45, 2.75) is 167 Å². The molecule has 0 saturated carbocycles. The molecule has 40 heavy (non-hydrogen) atoms. The molecule has 0 rings (SSSR count). The van der Waals surface area contributed by atoms with Crippen molar-refractivity contribution in [2.75, 3.05) is 54.6 Å². The second-order valence-electron chi connectivity index (χ2n) is 12.3. The molecule has 0 fully saturated rings. The first kappa shape index (κ1) is 39.8. The van der Waals surface area contributed by atoms with Crippen LogP contribution in [0.2, 0.25) is 0 Å². The van der Waals surface area contributed by atoms with Crippen LogP contribution >= 0.6 is 0 Å². The Morgan fingerprint density at radius 1 is 0.400 bits per heavy atom. The summed E-state index contributed by atoms with van der Waals surface area (Å²) >= 11 is 0. The maximum atomic E-state index is 5.89. The maximum absolute atomic E-state index is 5.89. The van der Waals surface area contributed by atoms with Gasteiger partial charge in [-0.15, -0.1) is 0 Å². The summed E-state index contributed by atoms with van der Waals surface area (Å²) in [6, 6.07) is 0.